The third-order valence-corrected chi connectivity index (χ3v) is 12.5. The van der Waals surface area contributed by atoms with Crippen LogP contribution in [0, 0.1) is 0 Å². The predicted octanol–water partition coefficient (Wildman–Crippen LogP) is 5.22. The Kier molecular flexibility index (Phi) is 8.75. The van der Waals surface area contributed by atoms with Gasteiger partial charge in [-0.05, 0) is 57.8 Å². The minimum atomic E-state index is -3.70. The van der Waals surface area contributed by atoms with Crippen molar-refractivity contribution in [1.29, 1.82) is 0 Å². The van der Waals surface area contributed by atoms with Crippen molar-refractivity contribution in [2.75, 3.05) is 12.3 Å². The van der Waals surface area contributed by atoms with Crippen molar-refractivity contribution in [2.45, 2.75) is 30.1 Å². The standard InChI is InChI=1S/C22H24N2O4S6/c25-33(26,24(16-20-6-2-11-30-20)17-21-7-3-12-31-21)14-4-9-23-34(27,28)22-18(8-13-32-22)15-19-5-1-10-29-19/h1-3,5-8,10-13,23H,4,9,14-17H2. The topological polar surface area (TPSA) is 83.5 Å². The molecule has 12 heteroatoms. The van der Waals surface area contributed by atoms with Gasteiger partial charge in [-0.2, -0.15) is 4.31 Å². The molecule has 0 radical (unpaired) electrons. The lowest BCUT2D eigenvalue weighted by Gasteiger charge is -2.21. The zero-order chi connectivity index (χ0) is 24.0. The predicted molar refractivity (Wildman–Crippen MR) is 143 cm³/mol. The van der Waals surface area contributed by atoms with Gasteiger partial charge in [-0.3, -0.25) is 0 Å². The zero-order valence-electron chi connectivity index (χ0n) is 18.1. The number of nitrogens with zero attached hydrogens (tertiary/aromatic N) is 1. The minimum absolute atomic E-state index is 0.0593. The first-order valence-corrected chi connectivity index (χ1v) is 17.1. The van der Waals surface area contributed by atoms with Crippen molar-refractivity contribution >= 4 is 65.4 Å². The number of hydrogen-bond donors (Lipinski definition) is 1. The van der Waals surface area contributed by atoms with E-state index in [9.17, 15) is 16.8 Å². The molecule has 0 saturated carbocycles. The van der Waals surface area contributed by atoms with Crippen molar-refractivity contribution in [3.8, 4) is 0 Å². The van der Waals surface area contributed by atoms with E-state index in [0.29, 0.717) is 23.7 Å². The van der Waals surface area contributed by atoms with E-state index in [0.717, 1.165) is 20.2 Å². The number of rotatable bonds is 13. The maximum Gasteiger partial charge on any atom is 0.250 e. The lowest BCUT2D eigenvalue weighted by atomic mass is 10.2. The summed E-state index contributed by atoms with van der Waals surface area (Å²) in [6, 6.07) is 13.4. The zero-order valence-corrected chi connectivity index (χ0v) is 23.0. The molecule has 0 aliphatic heterocycles. The Hall–Kier alpha value is -1.38. The SMILES string of the molecule is O=S(=O)(NCCCS(=O)(=O)N(Cc1cccs1)Cc1cccs1)c1sccc1Cc1cccs1. The molecule has 0 bridgehead atoms. The van der Waals surface area contributed by atoms with E-state index in [2.05, 4.69) is 4.72 Å². The van der Waals surface area contributed by atoms with Crippen molar-refractivity contribution in [1.82, 2.24) is 9.03 Å². The van der Waals surface area contributed by atoms with Gasteiger partial charge in [-0.25, -0.2) is 21.6 Å². The van der Waals surface area contributed by atoms with Crippen LogP contribution in [-0.2, 0) is 39.6 Å². The summed E-state index contributed by atoms with van der Waals surface area (Å²) in [5.41, 5.74) is 0.755. The van der Waals surface area contributed by atoms with E-state index in [1.807, 2.05) is 58.6 Å². The average Bonchev–Trinajstić information content (AvgIpc) is 3.60. The summed E-state index contributed by atoms with van der Waals surface area (Å²) in [5.74, 6) is -0.126. The second-order valence-electron chi connectivity index (χ2n) is 7.48. The summed E-state index contributed by atoms with van der Waals surface area (Å²) in [7, 11) is -7.28. The highest BCUT2D eigenvalue weighted by Gasteiger charge is 2.24. The highest BCUT2D eigenvalue weighted by Crippen LogP contribution is 2.26. The first-order chi connectivity index (χ1) is 16.3. The Morgan fingerprint density at radius 3 is 1.88 bits per heavy atom. The molecule has 0 aromatic carbocycles. The van der Waals surface area contributed by atoms with Gasteiger partial charge in [0.15, 0.2) is 0 Å². The Bertz CT molecular complexity index is 1320. The molecular weight excluding hydrogens is 549 g/mol. The van der Waals surface area contributed by atoms with Crippen molar-refractivity contribution in [3.05, 3.63) is 84.2 Å². The van der Waals surface area contributed by atoms with Crippen LogP contribution >= 0.6 is 45.3 Å². The second kappa shape index (κ2) is 11.6. The van der Waals surface area contributed by atoms with Crippen LogP contribution in [0.1, 0.15) is 26.6 Å². The fraction of sp³-hybridized carbons (Fsp3) is 0.273. The molecular formula is C22H24N2O4S6. The second-order valence-corrected chi connectivity index (χ2v) is 15.5. The number of hydrogen-bond acceptors (Lipinski definition) is 8. The van der Waals surface area contributed by atoms with Crippen LogP contribution in [-0.4, -0.2) is 33.4 Å². The molecule has 4 aromatic heterocycles. The average molecular weight is 573 g/mol. The maximum absolute atomic E-state index is 13.1. The Labute approximate surface area is 216 Å². The summed E-state index contributed by atoms with van der Waals surface area (Å²) in [6.07, 6.45) is 0.755. The Morgan fingerprint density at radius 2 is 1.32 bits per heavy atom. The number of sulfonamides is 2. The summed E-state index contributed by atoms with van der Waals surface area (Å²) in [6.45, 7) is 0.680. The van der Waals surface area contributed by atoms with Gasteiger partial charge in [-0.1, -0.05) is 18.2 Å². The molecule has 4 aromatic rings. The molecule has 0 saturated heterocycles. The molecule has 182 valence electrons. The van der Waals surface area contributed by atoms with Gasteiger partial charge in [0.1, 0.15) is 4.21 Å². The van der Waals surface area contributed by atoms with Gasteiger partial charge in [-0.15, -0.1) is 45.3 Å². The Balaban J connectivity index is 1.36. The molecule has 0 spiro atoms. The largest absolute Gasteiger partial charge is 0.250 e. The third kappa shape index (κ3) is 6.85. The highest BCUT2D eigenvalue weighted by atomic mass is 32.2. The van der Waals surface area contributed by atoms with Crippen LogP contribution in [0.3, 0.4) is 0 Å². The van der Waals surface area contributed by atoms with Crippen molar-refractivity contribution < 1.29 is 16.8 Å². The quantitative estimate of drug-likeness (QED) is 0.223. The fourth-order valence-electron chi connectivity index (χ4n) is 3.35. The molecule has 1 N–H and O–H groups in total. The van der Waals surface area contributed by atoms with Crippen LogP contribution in [0.2, 0.25) is 0 Å². The van der Waals surface area contributed by atoms with E-state index in [1.54, 1.807) is 16.7 Å². The monoisotopic (exact) mass is 572 g/mol. The van der Waals surface area contributed by atoms with E-state index >= 15 is 0 Å². The molecule has 4 rings (SSSR count). The first-order valence-electron chi connectivity index (χ1n) is 10.4. The van der Waals surface area contributed by atoms with Crippen LogP contribution in [0.5, 0.6) is 0 Å². The molecule has 0 aliphatic rings. The maximum atomic E-state index is 13.1. The van der Waals surface area contributed by atoms with E-state index in [4.69, 9.17) is 0 Å². The molecule has 0 unspecified atom stereocenters. The molecule has 34 heavy (non-hydrogen) atoms. The van der Waals surface area contributed by atoms with Crippen molar-refractivity contribution in [2.24, 2.45) is 0 Å². The van der Waals surface area contributed by atoms with E-state index < -0.39 is 20.0 Å². The number of thiophene rings is 4. The molecule has 0 amide bonds. The van der Waals surface area contributed by atoms with Crippen molar-refractivity contribution in [3.63, 3.8) is 0 Å². The summed E-state index contributed by atoms with van der Waals surface area (Å²) in [4.78, 5) is 3.03. The van der Waals surface area contributed by atoms with Crippen LogP contribution in [0.15, 0.2) is 68.2 Å². The van der Waals surface area contributed by atoms with Gasteiger partial charge in [0.2, 0.25) is 20.0 Å². The lowest BCUT2D eigenvalue weighted by Crippen LogP contribution is -2.33. The fourth-order valence-corrected chi connectivity index (χ4v) is 9.65. The molecule has 0 atom stereocenters. The highest BCUT2D eigenvalue weighted by molar-refractivity contribution is 7.91. The molecule has 0 fully saturated rings. The minimum Gasteiger partial charge on any atom is -0.212 e. The van der Waals surface area contributed by atoms with Gasteiger partial charge >= 0.3 is 0 Å². The summed E-state index contributed by atoms with van der Waals surface area (Å²) < 4.78 is 56.4. The molecule has 0 aliphatic carbocycles. The van der Waals surface area contributed by atoms with Gasteiger partial charge in [0, 0.05) is 40.7 Å². The van der Waals surface area contributed by atoms with Gasteiger partial charge in [0.05, 0.1) is 5.75 Å². The van der Waals surface area contributed by atoms with Crippen LogP contribution in [0.4, 0.5) is 0 Å². The smallest absolute Gasteiger partial charge is 0.212 e. The third-order valence-electron chi connectivity index (χ3n) is 4.98. The normalized spacial score (nSPS) is 12.5. The van der Waals surface area contributed by atoms with E-state index in [-0.39, 0.29) is 18.7 Å². The van der Waals surface area contributed by atoms with Crippen LogP contribution in [0.25, 0.3) is 0 Å². The number of nitrogens with one attached hydrogen (secondary N) is 1. The lowest BCUT2D eigenvalue weighted by molar-refractivity contribution is 0.406. The van der Waals surface area contributed by atoms with E-state index in [1.165, 1.54) is 38.3 Å². The Morgan fingerprint density at radius 1 is 0.735 bits per heavy atom. The van der Waals surface area contributed by atoms with Crippen LogP contribution < -0.4 is 4.72 Å². The molecule has 6 nitrogen and oxygen atoms in total. The molecule has 4 heterocycles. The van der Waals surface area contributed by atoms with Gasteiger partial charge in [0.25, 0.3) is 0 Å². The first kappa shape index (κ1) is 25.7. The summed E-state index contributed by atoms with van der Waals surface area (Å²) in [5, 5.41) is 7.60. The summed E-state index contributed by atoms with van der Waals surface area (Å²) >= 11 is 5.81. The van der Waals surface area contributed by atoms with Gasteiger partial charge < -0.3 is 0 Å².